The molecular weight excluding hydrogens is 622 g/mol. The maximum Gasteiger partial charge on any atom is 0.316 e. The van der Waals surface area contributed by atoms with Gasteiger partial charge in [0.1, 0.15) is 30.3 Å². The Bertz CT molecular complexity index is 1060. The molecular formula is C35H65N3O10. The summed E-state index contributed by atoms with van der Waals surface area (Å²) in [6, 6.07) is -0.256. The first kappa shape index (κ1) is 42.5. The number of Topliss-reactive ketones (excluding diaryl/α,β-unsaturated/α-hetero) is 1. The zero-order valence-corrected chi connectivity index (χ0v) is 31.4. The number of aliphatic hydroxyl groups is 3. The summed E-state index contributed by atoms with van der Waals surface area (Å²) in [7, 11) is 5.28. The number of carbonyl (C=O) groups is 2. The summed E-state index contributed by atoms with van der Waals surface area (Å²) < 4.78 is 24.7. The summed E-state index contributed by atoms with van der Waals surface area (Å²) in [6.07, 6.45) is -3.87. The lowest BCUT2D eigenvalue weighted by molar-refractivity contribution is -0.295. The average molecular weight is 688 g/mol. The first-order valence-corrected chi connectivity index (χ1v) is 17.6. The Balaban J connectivity index is 2.68. The Morgan fingerprint density at radius 3 is 2.25 bits per heavy atom. The Morgan fingerprint density at radius 1 is 1.04 bits per heavy atom. The topological polar surface area (TPSA) is 169 Å². The molecule has 2 aliphatic rings. The minimum absolute atomic E-state index is 0.191. The number of ketones is 1. The van der Waals surface area contributed by atoms with E-state index in [0.29, 0.717) is 18.7 Å². The van der Waals surface area contributed by atoms with Crippen LogP contribution >= 0.6 is 0 Å². The minimum Gasteiger partial charge on any atom is -0.459 e. The third-order valence-corrected chi connectivity index (χ3v) is 10.3. The number of cyclic esters (lactones) is 1. The Labute approximate surface area is 288 Å². The lowest BCUT2D eigenvalue weighted by Crippen LogP contribution is -2.60. The molecule has 2 fully saturated rings. The highest BCUT2D eigenvalue weighted by Gasteiger charge is 2.51. The molecule has 0 aromatic carbocycles. The van der Waals surface area contributed by atoms with Crippen LogP contribution in [0.25, 0.3) is 0 Å². The number of ether oxygens (including phenoxy) is 4. The molecule has 0 aromatic heterocycles. The van der Waals surface area contributed by atoms with Crippen LogP contribution in [0.2, 0.25) is 0 Å². The highest BCUT2D eigenvalue weighted by molar-refractivity contribution is 6.00. The Kier molecular flexibility index (Phi) is 16.4. The second-order valence-electron chi connectivity index (χ2n) is 14.6. The number of oxime groups is 1. The molecule has 0 unspecified atom stereocenters. The summed E-state index contributed by atoms with van der Waals surface area (Å²) in [6.45, 7) is 17.4. The fourth-order valence-electron chi connectivity index (χ4n) is 7.16. The highest BCUT2D eigenvalue weighted by Crippen LogP contribution is 2.38. The van der Waals surface area contributed by atoms with Crippen molar-refractivity contribution in [3.05, 3.63) is 0 Å². The molecule has 2 rings (SSSR count). The van der Waals surface area contributed by atoms with Crippen molar-refractivity contribution in [1.29, 1.82) is 0 Å². The molecule has 2 saturated heterocycles. The summed E-state index contributed by atoms with van der Waals surface area (Å²) in [4.78, 5) is 35.2. The van der Waals surface area contributed by atoms with Crippen molar-refractivity contribution in [2.45, 2.75) is 142 Å². The quantitative estimate of drug-likeness (QED) is 0.109. The van der Waals surface area contributed by atoms with Crippen molar-refractivity contribution < 1.29 is 48.7 Å². The molecule has 48 heavy (non-hydrogen) atoms. The average Bonchev–Trinajstić information content (AvgIpc) is 3.04. The van der Waals surface area contributed by atoms with Crippen molar-refractivity contribution in [2.75, 3.05) is 40.9 Å². The highest BCUT2D eigenvalue weighted by atomic mass is 16.7. The third-order valence-electron chi connectivity index (χ3n) is 10.3. The van der Waals surface area contributed by atoms with Gasteiger partial charge in [-0.2, -0.15) is 0 Å². The van der Waals surface area contributed by atoms with Gasteiger partial charge in [0.05, 0.1) is 29.6 Å². The number of nitrogens with zero attached hydrogens (tertiary/aromatic N) is 2. The number of nitrogens with one attached hydrogen (secondary N) is 1. The van der Waals surface area contributed by atoms with E-state index in [1.165, 1.54) is 21.0 Å². The Hall–Kier alpha value is -1.71. The molecule has 2 heterocycles. The number of hydrogen-bond acceptors (Lipinski definition) is 13. The predicted molar refractivity (Wildman–Crippen MR) is 182 cm³/mol. The molecule has 0 amide bonds. The maximum absolute atomic E-state index is 14.1. The summed E-state index contributed by atoms with van der Waals surface area (Å²) in [5.41, 5.74) is -2.61. The lowest BCUT2D eigenvalue weighted by atomic mass is 9.74. The fourth-order valence-corrected chi connectivity index (χ4v) is 7.16. The van der Waals surface area contributed by atoms with Crippen molar-refractivity contribution >= 4 is 17.5 Å². The van der Waals surface area contributed by atoms with Crippen molar-refractivity contribution in [1.82, 2.24) is 10.2 Å². The molecule has 2 aliphatic heterocycles. The molecule has 13 atom stereocenters. The zero-order chi connectivity index (χ0) is 36.6. The zero-order valence-electron chi connectivity index (χ0n) is 31.4. The van der Waals surface area contributed by atoms with Crippen LogP contribution in [0, 0.1) is 23.7 Å². The van der Waals surface area contributed by atoms with Crippen LogP contribution < -0.4 is 5.32 Å². The van der Waals surface area contributed by atoms with Crippen LogP contribution in [0.15, 0.2) is 5.16 Å². The van der Waals surface area contributed by atoms with Crippen LogP contribution in [-0.2, 0) is 33.4 Å². The second kappa shape index (κ2) is 18.5. The van der Waals surface area contributed by atoms with Gasteiger partial charge in [0.25, 0.3) is 0 Å². The molecule has 13 heteroatoms. The normalized spacial score (nSPS) is 41.7. The van der Waals surface area contributed by atoms with E-state index in [9.17, 15) is 24.9 Å². The number of hydrogen-bond donors (Lipinski definition) is 4. The number of carbonyl (C=O) groups excluding carboxylic acids is 2. The van der Waals surface area contributed by atoms with Crippen LogP contribution in [0.3, 0.4) is 0 Å². The van der Waals surface area contributed by atoms with Crippen LogP contribution in [0.1, 0.15) is 88.0 Å². The van der Waals surface area contributed by atoms with Gasteiger partial charge in [0.2, 0.25) is 0 Å². The molecule has 0 radical (unpaired) electrons. The number of methoxy groups -OCH3 is 1. The van der Waals surface area contributed by atoms with Gasteiger partial charge in [-0.15, -0.1) is 0 Å². The fraction of sp³-hybridized carbons (Fsp3) is 0.914. The minimum atomic E-state index is -1.88. The van der Waals surface area contributed by atoms with Crippen LogP contribution in [0.4, 0.5) is 0 Å². The molecule has 13 nitrogen and oxygen atoms in total. The molecule has 4 N–H and O–H groups in total. The number of rotatable bonds is 11. The van der Waals surface area contributed by atoms with E-state index in [-0.39, 0.29) is 31.6 Å². The van der Waals surface area contributed by atoms with E-state index >= 15 is 0 Å². The standard InChI is InChI=1S/C35H65N3O10/c1-13-15-36-16-17-45-37-27-20(3)19-34(8,44-12)31(48-33-29(40)25(38(10)11)18-21(4)46-33)23(6)28(39)24(7)32(42)47-26(14-2)35(9,43)30(41)22(27)5/h20-26,29-31,33,36,40-41,43H,13-19H2,1-12H3/b37-27+/t20-,21-,22+,23+,24-,25+,26-,29-,30-,31-,33+,34-,35-/m1/s1. The van der Waals surface area contributed by atoms with E-state index in [0.717, 1.165) is 13.0 Å². The molecule has 280 valence electrons. The monoisotopic (exact) mass is 687 g/mol. The van der Waals surface area contributed by atoms with Gasteiger partial charge in [-0.25, -0.2) is 0 Å². The molecule has 0 aromatic rings. The van der Waals surface area contributed by atoms with Crippen molar-refractivity contribution in [3.63, 3.8) is 0 Å². The van der Waals surface area contributed by atoms with Crippen LogP contribution in [0.5, 0.6) is 0 Å². The van der Waals surface area contributed by atoms with E-state index in [1.54, 1.807) is 20.8 Å². The van der Waals surface area contributed by atoms with E-state index in [2.05, 4.69) is 17.4 Å². The van der Waals surface area contributed by atoms with Gasteiger partial charge in [0.15, 0.2) is 12.1 Å². The first-order chi connectivity index (χ1) is 22.4. The van der Waals surface area contributed by atoms with Crippen LogP contribution in [-0.4, -0.2) is 133 Å². The smallest absolute Gasteiger partial charge is 0.316 e. The van der Waals surface area contributed by atoms with E-state index in [4.69, 9.17) is 23.8 Å². The van der Waals surface area contributed by atoms with E-state index < -0.39 is 77.3 Å². The lowest BCUT2D eigenvalue weighted by Gasteiger charge is -2.47. The Morgan fingerprint density at radius 2 is 1.69 bits per heavy atom. The van der Waals surface area contributed by atoms with E-state index in [1.807, 2.05) is 39.8 Å². The first-order valence-electron chi connectivity index (χ1n) is 17.6. The summed E-state index contributed by atoms with van der Waals surface area (Å²) in [5, 5.41) is 42.4. The number of esters is 1. The predicted octanol–water partition coefficient (Wildman–Crippen LogP) is 2.53. The third kappa shape index (κ3) is 10.2. The van der Waals surface area contributed by atoms with Gasteiger partial charge in [0, 0.05) is 37.5 Å². The molecule has 0 bridgehead atoms. The maximum atomic E-state index is 14.1. The van der Waals surface area contributed by atoms with Gasteiger partial charge >= 0.3 is 5.97 Å². The second-order valence-corrected chi connectivity index (χ2v) is 14.6. The van der Waals surface area contributed by atoms with Crippen molar-refractivity contribution in [3.8, 4) is 0 Å². The largest absolute Gasteiger partial charge is 0.459 e. The number of aliphatic hydroxyl groups excluding tert-OH is 2. The summed E-state index contributed by atoms with van der Waals surface area (Å²) in [5.74, 6) is -4.57. The van der Waals surface area contributed by atoms with Gasteiger partial charge < -0.3 is 49.3 Å². The van der Waals surface area contributed by atoms with Crippen molar-refractivity contribution in [2.24, 2.45) is 28.8 Å². The molecule has 0 aliphatic carbocycles. The van der Waals surface area contributed by atoms with Gasteiger partial charge in [-0.3, -0.25) is 9.59 Å². The van der Waals surface area contributed by atoms with Gasteiger partial charge in [-0.05, 0) is 74.0 Å². The van der Waals surface area contributed by atoms with Gasteiger partial charge in [-0.1, -0.05) is 39.8 Å². The SMILES string of the molecule is CCCNCCO/N=C1\[C@H](C)C[C@@](C)(OC)[C@H](O[C@@H]2O[C@H](C)C[C@H](N(C)C)[C@H]2O)[C@@H](C)C(=O)[C@@H](C)C(=O)O[C@H](CC)[C@@](C)(O)[C@H](O)[C@H]1C. The summed E-state index contributed by atoms with van der Waals surface area (Å²) >= 11 is 0. The molecule has 0 spiro atoms. The molecule has 0 saturated carbocycles. The number of likely N-dealkylation sites (N-methyl/N-ethyl adjacent to an activating group) is 1.